The van der Waals surface area contributed by atoms with Crippen LogP contribution < -0.4 is 5.32 Å². The Kier molecular flexibility index (Phi) is 3.66. The van der Waals surface area contributed by atoms with Crippen LogP contribution in [-0.4, -0.2) is 34.1 Å². The Hall–Kier alpha value is -2.27. The number of rotatable bonds is 3. The van der Waals surface area contributed by atoms with E-state index < -0.39 is 5.97 Å². The average molecular weight is 283 g/mol. The van der Waals surface area contributed by atoms with Crippen molar-refractivity contribution in [2.75, 3.05) is 13.1 Å². The largest absolute Gasteiger partial charge is 0.478 e. The highest BCUT2D eigenvalue weighted by Crippen LogP contribution is 2.25. The maximum absolute atomic E-state index is 10.9. The first kappa shape index (κ1) is 13.7. The van der Waals surface area contributed by atoms with Crippen LogP contribution in [0.3, 0.4) is 0 Å². The smallest absolute Gasteiger partial charge is 0.335 e. The second-order valence-electron chi connectivity index (χ2n) is 5.30. The molecule has 0 spiro atoms. The number of benzene rings is 1. The Morgan fingerprint density at radius 1 is 1.29 bits per heavy atom. The van der Waals surface area contributed by atoms with E-state index in [0.717, 1.165) is 42.3 Å². The number of aryl methyl sites for hydroxylation is 1. The highest BCUT2D eigenvalue weighted by atomic mass is 16.4. The van der Waals surface area contributed by atoms with Gasteiger partial charge in [-0.2, -0.15) is 0 Å². The van der Waals surface area contributed by atoms with Crippen LogP contribution in [0.1, 0.15) is 34.2 Å². The van der Waals surface area contributed by atoms with Crippen molar-refractivity contribution in [1.82, 2.24) is 15.3 Å². The maximum Gasteiger partial charge on any atom is 0.335 e. The van der Waals surface area contributed by atoms with E-state index in [1.807, 2.05) is 13.0 Å². The number of carboxylic acids is 1. The lowest BCUT2D eigenvalue weighted by molar-refractivity contribution is 0.0697. The van der Waals surface area contributed by atoms with Crippen molar-refractivity contribution in [2.45, 2.75) is 19.3 Å². The molecule has 1 aromatic carbocycles. The third kappa shape index (κ3) is 2.92. The molecule has 5 nitrogen and oxygen atoms in total. The Balaban J connectivity index is 1.95. The van der Waals surface area contributed by atoms with Crippen LogP contribution in [-0.2, 0) is 0 Å². The van der Waals surface area contributed by atoms with Crippen LogP contribution in [0, 0.1) is 6.92 Å². The van der Waals surface area contributed by atoms with E-state index in [9.17, 15) is 4.79 Å². The van der Waals surface area contributed by atoms with Gasteiger partial charge in [0, 0.05) is 23.7 Å². The summed E-state index contributed by atoms with van der Waals surface area (Å²) < 4.78 is 0. The van der Waals surface area contributed by atoms with E-state index in [4.69, 9.17) is 5.11 Å². The summed E-state index contributed by atoms with van der Waals surface area (Å²) in [6.45, 7) is 3.87. The number of aromatic carboxylic acids is 1. The predicted octanol–water partition coefficient (Wildman–Crippen LogP) is 2.23. The van der Waals surface area contributed by atoms with E-state index >= 15 is 0 Å². The van der Waals surface area contributed by atoms with Gasteiger partial charge in [0.15, 0.2) is 0 Å². The van der Waals surface area contributed by atoms with Crippen molar-refractivity contribution in [2.24, 2.45) is 0 Å². The topological polar surface area (TPSA) is 75.1 Å². The van der Waals surface area contributed by atoms with E-state index in [1.54, 1.807) is 24.3 Å². The van der Waals surface area contributed by atoms with E-state index in [0.29, 0.717) is 5.92 Å². The first-order valence-corrected chi connectivity index (χ1v) is 7.03. The monoisotopic (exact) mass is 283 g/mol. The first-order chi connectivity index (χ1) is 10.1. The summed E-state index contributed by atoms with van der Waals surface area (Å²) in [7, 11) is 0. The highest BCUT2D eigenvalue weighted by molar-refractivity contribution is 5.88. The third-order valence-corrected chi connectivity index (χ3v) is 3.76. The number of carboxylic acid groups (broad SMARTS) is 1. The molecule has 0 bridgehead atoms. The van der Waals surface area contributed by atoms with Gasteiger partial charge in [0.2, 0.25) is 0 Å². The van der Waals surface area contributed by atoms with Gasteiger partial charge < -0.3 is 10.4 Å². The molecule has 1 atom stereocenters. The minimum Gasteiger partial charge on any atom is -0.478 e. The van der Waals surface area contributed by atoms with Gasteiger partial charge in [0.05, 0.1) is 11.3 Å². The van der Waals surface area contributed by atoms with Crippen LogP contribution in [0.15, 0.2) is 30.3 Å². The van der Waals surface area contributed by atoms with E-state index in [1.165, 1.54) is 0 Å². The number of carbonyl (C=O) groups is 1. The SMILES string of the molecule is Cc1nc(-c2ccc(C(=O)O)cc2)cc([C@@H]2CCNC2)n1. The number of nitrogens with zero attached hydrogens (tertiary/aromatic N) is 2. The molecular formula is C16H17N3O2. The summed E-state index contributed by atoms with van der Waals surface area (Å²) in [6.07, 6.45) is 1.09. The fourth-order valence-electron chi connectivity index (χ4n) is 2.64. The lowest BCUT2D eigenvalue weighted by Gasteiger charge is -2.11. The molecule has 0 saturated carbocycles. The molecule has 3 rings (SSSR count). The fourth-order valence-corrected chi connectivity index (χ4v) is 2.64. The van der Waals surface area contributed by atoms with Crippen molar-refractivity contribution < 1.29 is 9.90 Å². The fraction of sp³-hybridized carbons (Fsp3) is 0.312. The van der Waals surface area contributed by atoms with Crippen LogP contribution in [0.4, 0.5) is 0 Å². The summed E-state index contributed by atoms with van der Waals surface area (Å²) in [6, 6.07) is 8.81. The van der Waals surface area contributed by atoms with Crippen molar-refractivity contribution in [3.63, 3.8) is 0 Å². The zero-order chi connectivity index (χ0) is 14.8. The predicted molar refractivity (Wildman–Crippen MR) is 79.4 cm³/mol. The number of hydrogen-bond donors (Lipinski definition) is 2. The molecule has 2 heterocycles. The van der Waals surface area contributed by atoms with Gasteiger partial charge in [-0.15, -0.1) is 0 Å². The van der Waals surface area contributed by atoms with Gasteiger partial charge >= 0.3 is 5.97 Å². The van der Waals surface area contributed by atoms with Crippen LogP contribution in [0.25, 0.3) is 11.3 Å². The van der Waals surface area contributed by atoms with Crippen molar-refractivity contribution in [1.29, 1.82) is 0 Å². The Labute approximate surface area is 123 Å². The summed E-state index contributed by atoms with van der Waals surface area (Å²) in [5.74, 6) is 0.263. The van der Waals surface area contributed by atoms with Gasteiger partial charge in [-0.3, -0.25) is 0 Å². The molecule has 1 saturated heterocycles. The van der Waals surface area contributed by atoms with Crippen LogP contribution >= 0.6 is 0 Å². The maximum atomic E-state index is 10.9. The van der Waals surface area contributed by atoms with E-state index in [-0.39, 0.29) is 5.56 Å². The quantitative estimate of drug-likeness (QED) is 0.903. The van der Waals surface area contributed by atoms with Gasteiger partial charge in [-0.1, -0.05) is 12.1 Å². The second kappa shape index (κ2) is 5.61. The zero-order valence-electron chi connectivity index (χ0n) is 11.8. The van der Waals surface area contributed by atoms with Crippen LogP contribution in [0.5, 0.6) is 0 Å². The first-order valence-electron chi connectivity index (χ1n) is 7.03. The molecule has 0 aliphatic carbocycles. The molecule has 0 amide bonds. The molecule has 1 aromatic heterocycles. The summed E-state index contributed by atoms with van der Waals surface area (Å²) in [5.41, 5.74) is 3.11. The Morgan fingerprint density at radius 3 is 2.67 bits per heavy atom. The van der Waals surface area contributed by atoms with E-state index in [2.05, 4.69) is 15.3 Å². The minimum atomic E-state index is -0.918. The Bertz CT molecular complexity index is 662. The standard InChI is InChI=1S/C16H17N3O2/c1-10-18-14(8-15(19-10)13-6-7-17-9-13)11-2-4-12(5-3-11)16(20)21/h2-5,8,13,17H,6-7,9H2,1H3,(H,20,21)/t13-/m1/s1. The van der Waals surface area contributed by atoms with Gasteiger partial charge in [-0.05, 0) is 38.1 Å². The van der Waals surface area contributed by atoms with Crippen molar-refractivity contribution in [3.05, 3.63) is 47.4 Å². The summed E-state index contributed by atoms with van der Waals surface area (Å²) >= 11 is 0. The van der Waals surface area contributed by atoms with Crippen molar-refractivity contribution >= 4 is 5.97 Å². The van der Waals surface area contributed by atoms with Gasteiger partial charge in [-0.25, -0.2) is 14.8 Å². The Morgan fingerprint density at radius 2 is 2.05 bits per heavy atom. The van der Waals surface area contributed by atoms with Gasteiger partial charge in [0.25, 0.3) is 0 Å². The number of nitrogens with one attached hydrogen (secondary N) is 1. The lowest BCUT2D eigenvalue weighted by Crippen LogP contribution is -2.10. The zero-order valence-corrected chi connectivity index (χ0v) is 11.8. The molecule has 0 unspecified atom stereocenters. The number of aromatic nitrogens is 2. The third-order valence-electron chi connectivity index (χ3n) is 3.76. The normalized spacial score (nSPS) is 17.9. The van der Waals surface area contributed by atoms with Crippen molar-refractivity contribution in [3.8, 4) is 11.3 Å². The molecule has 21 heavy (non-hydrogen) atoms. The summed E-state index contributed by atoms with van der Waals surface area (Å²) in [4.78, 5) is 19.9. The minimum absolute atomic E-state index is 0.282. The van der Waals surface area contributed by atoms with Gasteiger partial charge in [0.1, 0.15) is 5.82 Å². The molecule has 108 valence electrons. The molecule has 0 radical (unpaired) electrons. The molecule has 1 fully saturated rings. The lowest BCUT2D eigenvalue weighted by atomic mass is 10.0. The molecule has 5 heteroatoms. The highest BCUT2D eigenvalue weighted by Gasteiger charge is 2.19. The number of hydrogen-bond acceptors (Lipinski definition) is 4. The molecular weight excluding hydrogens is 266 g/mol. The molecule has 1 aliphatic rings. The second-order valence-corrected chi connectivity index (χ2v) is 5.30. The molecule has 2 N–H and O–H groups in total. The average Bonchev–Trinajstić information content (AvgIpc) is 3.01. The molecule has 2 aromatic rings. The van der Waals surface area contributed by atoms with Crippen LogP contribution in [0.2, 0.25) is 0 Å². The molecule has 1 aliphatic heterocycles. The summed E-state index contributed by atoms with van der Waals surface area (Å²) in [5, 5.41) is 12.3.